The molecule has 6 heteroatoms. The van der Waals surface area contributed by atoms with E-state index in [1.807, 2.05) is 4.90 Å². The number of carbonyl (C=O) groups is 1. The van der Waals surface area contributed by atoms with Crippen LogP contribution in [0.1, 0.15) is 10.5 Å². The van der Waals surface area contributed by atoms with Gasteiger partial charge in [0, 0.05) is 24.9 Å². The summed E-state index contributed by atoms with van der Waals surface area (Å²) in [6, 6.07) is 7.87. The second kappa shape index (κ2) is 5.28. The highest BCUT2D eigenvalue weighted by Gasteiger charge is 2.23. The zero-order chi connectivity index (χ0) is 14.1. The van der Waals surface area contributed by atoms with Crippen LogP contribution in [-0.2, 0) is 7.05 Å². The lowest BCUT2D eigenvalue weighted by molar-refractivity contribution is 0.0792. The van der Waals surface area contributed by atoms with Crippen molar-refractivity contribution in [2.24, 2.45) is 7.05 Å². The van der Waals surface area contributed by atoms with Crippen LogP contribution in [-0.4, -0.2) is 38.8 Å². The predicted molar refractivity (Wildman–Crippen MR) is 77.0 cm³/mol. The summed E-state index contributed by atoms with van der Waals surface area (Å²) in [5.41, 5.74) is 2.05. The van der Waals surface area contributed by atoms with Crippen molar-refractivity contribution >= 4 is 17.7 Å². The Hall–Kier alpha value is -1.82. The zero-order valence-electron chi connectivity index (χ0n) is 11.0. The molecule has 0 aliphatic carbocycles. The first kappa shape index (κ1) is 13.2. The van der Waals surface area contributed by atoms with Gasteiger partial charge in [-0.2, -0.15) is 5.10 Å². The smallest absolute Gasteiger partial charge is 0.272 e. The van der Waals surface area contributed by atoms with E-state index in [2.05, 4.69) is 5.10 Å². The largest absolute Gasteiger partial charge is 0.327 e. The molecule has 1 aliphatic rings. The van der Waals surface area contributed by atoms with Crippen LogP contribution < -0.4 is 0 Å². The van der Waals surface area contributed by atoms with Crippen molar-refractivity contribution in [3.05, 3.63) is 41.8 Å². The summed E-state index contributed by atoms with van der Waals surface area (Å²) >= 11 is 1.75. The first-order chi connectivity index (χ1) is 9.65. The molecule has 1 fully saturated rings. The third-order valence-corrected chi connectivity index (χ3v) is 4.24. The van der Waals surface area contributed by atoms with Gasteiger partial charge in [-0.05, 0) is 30.3 Å². The minimum absolute atomic E-state index is 0.00152. The maximum atomic E-state index is 12.9. The van der Waals surface area contributed by atoms with Crippen molar-refractivity contribution in [3.8, 4) is 11.3 Å². The number of aryl methyl sites for hydroxylation is 1. The van der Waals surface area contributed by atoms with Crippen molar-refractivity contribution in [1.82, 2.24) is 14.7 Å². The topological polar surface area (TPSA) is 38.1 Å². The first-order valence-electron chi connectivity index (χ1n) is 6.32. The van der Waals surface area contributed by atoms with Gasteiger partial charge in [0.2, 0.25) is 0 Å². The molecule has 2 heterocycles. The summed E-state index contributed by atoms with van der Waals surface area (Å²) in [6.45, 7) is 0.778. The molecule has 4 nitrogen and oxygen atoms in total. The Bertz CT molecular complexity index is 632. The lowest BCUT2D eigenvalue weighted by atomic mass is 10.1. The summed E-state index contributed by atoms with van der Waals surface area (Å²) in [5, 5.41) is 4.34. The number of benzene rings is 1. The van der Waals surface area contributed by atoms with Gasteiger partial charge < -0.3 is 4.90 Å². The predicted octanol–water partition coefficient (Wildman–Crippen LogP) is 2.37. The molecule has 1 aromatic carbocycles. The quantitative estimate of drug-likeness (QED) is 0.852. The van der Waals surface area contributed by atoms with Crippen LogP contribution in [0.3, 0.4) is 0 Å². The number of halogens is 1. The number of hydrogen-bond donors (Lipinski definition) is 0. The highest BCUT2D eigenvalue weighted by atomic mass is 32.2. The lowest BCUT2D eigenvalue weighted by Gasteiger charge is -2.13. The Labute approximate surface area is 120 Å². The molecule has 1 aromatic heterocycles. The third-order valence-electron chi connectivity index (χ3n) is 3.28. The number of aromatic nitrogens is 2. The molecule has 0 unspecified atom stereocenters. The van der Waals surface area contributed by atoms with E-state index < -0.39 is 0 Å². The number of rotatable bonds is 2. The standard InChI is InChI=1S/C14H14FN3OS/c1-17-13(14(19)18-6-7-20-9-18)8-12(16-17)10-2-4-11(15)5-3-10/h2-5,8H,6-7,9H2,1H3. The van der Waals surface area contributed by atoms with E-state index >= 15 is 0 Å². The molecular formula is C14H14FN3OS. The number of thioether (sulfide) groups is 1. The summed E-state index contributed by atoms with van der Waals surface area (Å²) in [4.78, 5) is 14.2. The average molecular weight is 291 g/mol. The Morgan fingerprint density at radius 1 is 1.35 bits per heavy atom. The maximum absolute atomic E-state index is 12.9. The molecule has 1 aliphatic heterocycles. The fraction of sp³-hybridized carbons (Fsp3) is 0.286. The molecular weight excluding hydrogens is 277 g/mol. The van der Waals surface area contributed by atoms with Crippen LogP contribution in [0.5, 0.6) is 0 Å². The molecule has 2 aromatic rings. The molecule has 104 valence electrons. The van der Waals surface area contributed by atoms with E-state index in [0.717, 1.165) is 23.7 Å². The monoisotopic (exact) mass is 291 g/mol. The summed E-state index contributed by atoms with van der Waals surface area (Å²) < 4.78 is 14.5. The van der Waals surface area contributed by atoms with Crippen LogP contribution in [0.4, 0.5) is 4.39 Å². The highest BCUT2D eigenvalue weighted by Crippen LogP contribution is 2.22. The Kier molecular flexibility index (Phi) is 3.48. The van der Waals surface area contributed by atoms with Crippen LogP contribution in [0, 0.1) is 5.82 Å². The maximum Gasteiger partial charge on any atom is 0.272 e. The summed E-state index contributed by atoms with van der Waals surface area (Å²) in [6.07, 6.45) is 0. The van der Waals surface area contributed by atoms with Gasteiger partial charge in [-0.1, -0.05) is 0 Å². The van der Waals surface area contributed by atoms with E-state index in [0.29, 0.717) is 11.4 Å². The molecule has 3 rings (SSSR count). The summed E-state index contributed by atoms with van der Waals surface area (Å²) in [7, 11) is 1.75. The minimum atomic E-state index is -0.282. The van der Waals surface area contributed by atoms with Crippen LogP contribution >= 0.6 is 11.8 Å². The van der Waals surface area contributed by atoms with Crippen molar-refractivity contribution in [2.75, 3.05) is 18.2 Å². The van der Waals surface area contributed by atoms with Gasteiger partial charge in [0.15, 0.2) is 0 Å². The number of nitrogens with zero attached hydrogens (tertiary/aromatic N) is 3. The van der Waals surface area contributed by atoms with Gasteiger partial charge in [0.05, 0.1) is 11.6 Å². The molecule has 0 bridgehead atoms. The van der Waals surface area contributed by atoms with E-state index in [4.69, 9.17) is 0 Å². The average Bonchev–Trinajstić information content (AvgIpc) is 3.08. The number of amides is 1. The van der Waals surface area contributed by atoms with Gasteiger partial charge in [-0.3, -0.25) is 9.48 Å². The molecule has 1 saturated heterocycles. The third kappa shape index (κ3) is 2.43. The minimum Gasteiger partial charge on any atom is -0.327 e. The highest BCUT2D eigenvalue weighted by molar-refractivity contribution is 7.99. The molecule has 1 amide bonds. The number of hydrogen-bond acceptors (Lipinski definition) is 3. The van der Waals surface area contributed by atoms with Crippen molar-refractivity contribution in [2.45, 2.75) is 0 Å². The van der Waals surface area contributed by atoms with Crippen LogP contribution in [0.25, 0.3) is 11.3 Å². The van der Waals surface area contributed by atoms with Gasteiger partial charge in [0.1, 0.15) is 11.5 Å². The Morgan fingerprint density at radius 2 is 2.10 bits per heavy atom. The second-order valence-electron chi connectivity index (χ2n) is 4.65. The Morgan fingerprint density at radius 3 is 2.75 bits per heavy atom. The molecule has 0 N–H and O–H groups in total. The van der Waals surface area contributed by atoms with Crippen molar-refractivity contribution < 1.29 is 9.18 Å². The van der Waals surface area contributed by atoms with E-state index in [1.165, 1.54) is 12.1 Å². The van der Waals surface area contributed by atoms with Gasteiger partial charge >= 0.3 is 0 Å². The van der Waals surface area contributed by atoms with Gasteiger partial charge in [0.25, 0.3) is 5.91 Å². The normalized spacial score (nSPS) is 14.8. The van der Waals surface area contributed by atoms with E-state index in [1.54, 1.807) is 41.7 Å². The van der Waals surface area contributed by atoms with Gasteiger partial charge in [-0.15, -0.1) is 11.8 Å². The Balaban J connectivity index is 1.90. The molecule has 20 heavy (non-hydrogen) atoms. The molecule has 0 atom stereocenters. The molecule has 0 radical (unpaired) electrons. The van der Waals surface area contributed by atoms with Crippen LogP contribution in [0.15, 0.2) is 30.3 Å². The zero-order valence-corrected chi connectivity index (χ0v) is 11.9. The first-order valence-corrected chi connectivity index (χ1v) is 7.47. The van der Waals surface area contributed by atoms with E-state index in [9.17, 15) is 9.18 Å². The number of carbonyl (C=O) groups excluding carboxylic acids is 1. The molecule has 0 saturated carbocycles. The van der Waals surface area contributed by atoms with E-state index in [-0.39, 0.29) is 11.7 Å². The lowest BCUT2D eigenvalue weighted by Crippen LogP contribution is -2.29. The summed E-state index contributed by atoms with van der Waals surface area (Å²) in [5.74, 6) is 1.43. The van der Waals surface area contributed by atoms with Crippen molar-refractivity contribution in [3.63, 3.8) is 0 Å². The van der Waals surface area contributed by atoms with Crippen molar-refractivity contribution in [1.29, 1.82) is 0 Å². The fourth-order valence-electron chi connectivity index (χ4n) is 2.17. The molecule has 0 spiro atoms. The van der Waals surface area contributed by atoms with Gasteiger partial charge in [-0.25, -0.2) is 4.39 Å². The SMILES string of the molecule is Cn1nc(-c2ccc(F)cc2)cc1C(=O)N1CCSC1. The second-order valence-corrected chi connectivity index (χ2v) is 5.73. The van der Waals surface area contributed by atoms with Crippen LogP contribution in [0.2, 0.25) is 0 Å². The fourth-order valence-corrected chi connectivity index (χ4v) is 3.11.